The number of para-hydroxylation sites is 1. The molecule has 2 N–H and O–H groups in total. The smallest absolute Gasteiger partial charge is 0.422 e. The molecule has 0 saturated heterocycles. The van der Waals surface area contributed by atoms with Crippen molar-refractivity contribution in [3.05, 3.63) is 54.1 Å². The fraction of sp³-hybridized carbons (Fsp3) is 0.350. The van der Waals surface area contributed by atoms with Gasteiger partial charge in [-0.1, -0.05) is 18.2 Å². The second-order valence-corrected chi connectivity index (χ2v) is 7.17. The maximum absolute atomic E-state index is 12.5. The predicted octanol–water partition coefficient (Wildman–Crippen LogP) is 3.88. The van der Waals surface area contributed by atoms with Crippen LogP contribution in [0.3, 0.4) is 0 Å². The van der Waals surface area contributed by atoms with E-state index in [1.165, 1.54) is 6.20 Å². The monoisotopic (exact) mass is 404 g/mol. The summed E-state index contributed by atoms with van der Waals surface area (Å²) in [6.45, 7) is 0.322. The molecule has 3 aromatic rings. The van der Waals surface area contributed by atoms with Gasteiger partial charge in [0.25, 0.3) is 0 Å². The number of nitrogens with one attached hydrogen (secondary N) is 2. The summed E-state index contributed by atoms with van der Waals surface area (Å²) in [6.07, 6.45) is -1.25. The van der Waals surface area contributed by atoms with Gasteiger partial charge in [-0.25, -0.2) is 4.98 Å². The third-order valence-corrected chi connectivity index (χ3v) is 4.91. The summed E-state index contributed by atoms with van der Waals surface area (Å²) in [5.74, 6) is -0.266. The van der Waals surface area contributed by atoms with Gasteiger partial charge >= 0.3 is 6.18 Å². The number of aromatic amines is 1. The number of nitrogens with zero attached hydrogens (tertiary/aromatic N) is 2. The van der Waals surface area contributed by atoms with Crippen LogP contribution in [0.2, 0.25) is 0 Å². The number of carbonyl (C=O) groups is 1. The molecule has 0 bridgehead atoms. The molecule has 1 aromatic carbocycles. The largest absolute Gasteiger partial charge is 0.467 e. The van der Waals surface area contributed by atoms with Crippen LogP contribution in [0.5, 0.6) is 5.88 Å². The van der Waals surface area contributed by atoms with Crippen LogP contribution in [0.1, 0.15) is 36.7 Å². The van der Waals surface area contributed by atoms with Gasteiger partial charge in [-0.2, -0.15) is 13.2 Å². The third kappa shape index (κ3) is 4.49. The highest BCUT2D eigenvalue weighted by Crippen LogP contribution is 2.48. The van der Waals surface area contributed by atoms with Gasteiger partial charge in [0, 0.05) is 23.0 Å². The van der Waals surface area contributed by atoms with Crippen LogP contribution in [0.15, 0.2) is 42.7 Å². The van der Waals surface area contributed by atoms with E-state index in [-0.39, 0.29) is 23.6 Å². The fourth-order valence-electron chi connectivity index (χ4n) is 3.30. The van der Waals surface area contributed by atoms with E-state index in [1.807, 2.05) is 24.3 Å². The maximum atomic E-state index is 12.5. The minimum atomic E-state index is -4.44. The van der Waals surface area contributed by atoms with Crippen molar-refractivity contribution in [1.82, 2.24) is 20.3 Å². The van der Waals surface area contributed by atoms with Gasteiger partial charge in [0.05, 0.1) is 24.1 Å². The molecule has 1 fully saturated rings. The third-order valence-electron chi connectivity index (χ3n) is 4.91. The quantitative estimate of drug-likeness (QED) is 0.654. The van der Waals surface area contributed by atoms with Crippen molar-refractivity contribution in [1.29, 1.82) is 0 Å². The van der Waals surface area contributed by atoms with Gasteiger partial charge in [0.15, 0.2) is 6.61 Å². The summed E-state index contributed by atoms with van der Waals surface area (Å²) >= 11 is 0. The van der Waals surface area contributed by atoms with Crippen LogP contribution in [0.4, 0.5) is 13.2 Å². The Hall–Kier alpha value is -3.10. The van der Waals surface area contributed by atoms with Gasteiger partial charge < -0.3 is 15.0 Å². The Bertz CT molecular complexity index is 983. The number of halogens is 3. The summed E-state index contributed by atoms with van der Waals surface area (Å²) in [7, 11) is 0. The number of hydrogen-bond donors (Lipinski definition) is 2. The fourth-order valence-corrected chi connectivity index (χ4v) is 3.30. The molecular weight excluding hydrogens is 385 g/mol. The molecule has 6 nitrogen and oxygen atoms in total. The van der Waals surface area contributed by atoms with Crippen LogP contribution in [0, 0.1) is 5.92 Å². The second kappa shape index (κ2) is 7.38. The number of rotatable bonds is 6. The van der Waals surface area contributed by atoms with Crippen molar-refractivity contribution in [2.75, 3.05) is 6.61 Å². The standard InChI is InChI=1S/C20H19F3N4O2/c1-11(17-8-25-18(9-24-17)29-10-20(21,22)23)26-19(28)14-7-13(14)16-6-12-4-2-3-5-15(12)27-16/h2-6,8-9,11,13-14,27H,7,10H2,1H3,(H,26,28)/t11-,13-,14-/m1/s1. The molecule has 4 rings (SSSR count). The van der Waals surface area contributed by atoms with E-state index in [0.717, 1.165) is 29.2 Å². The number of fused-ring (bicyclic) bond motifs is 1. The van der Waals surface area contributed by atoms with E-state index in [1.54, 1.807) is 6.92 Å². The Kier molecular flexibility index (Phi) is 4.89. The van der Waals surface area contributed by atoms with E-state index >= 15 is 0 Å². The molecule has 2 heterocycles. The van der Waals surface area contributed by atoms with Gasteiger partial charge in [0.2, 0.25) is 11.8 Å². The normalized spacial score (nSPS) is 19.7. The molecule has 0 aliphatic heterocycles. The molecule has 3 atom stereocenters. The van der Waals surface area contributed by atoms with Gasteiger partial charge in [-0.3, -0.25) is 9.78 Å². The summed E-state index contributed by atoms with van der Waals surface area (Å²) in [4.78, 5) is 23.8. The van der Waals surface area contributed by atoms with Crippen LogP contribution in [-0.2, 0) is 4.79 Å². The van der Waals surface area contributed by atoms with E-state index in [4.69, 9.17) is 0 Å². The van der Waals surface area contributed by atoms with Crippen LogP contribution >= 0.6 is 0 Å². The average Bonchev–Trinajstić information content (AvgIpc) is 3.38. The lowest BCUT2D eigenvalue weighted by Gasteiger charge is -2.14. The molecular formula is C20H19F3N4O2. The van der Waals surface area contributed by atoms with Gasteiger partial charge in [-0.15, -0.1) is 0 Å². The molecule has 0 radical (unpaired) electrons. The Morgan fingerprint density at radius 1 is 1.31 bits per heavy atom. The zero-order valence-electron chi connectivity index (χ0n) is 15.5. The van der Waals surface area contributed by atoms with E-state index < -0.39 is 18.8 Å². The molecule has 1 amide bonds. The number of ether oxygens (including phenoxy) is 1. The zero-order chi connectivity index (χ0) is 20.6. The van der Waals surface area contributed by atoms with Crippen molar-refractivity contribution in [3.63, 3.8) is 0 Å². The van der Waals surface area contributed by atoms with Crippen molar-refractivity contribution in [3.8, 4) is 5.88 Å². The molecule has 152 valence electrons. The van der Waals surface area contributed by atoms with Gasteiger partial charge in [0.1, 0.15) is 0 Å². The van der Waals surface area contributed by atoms with Crippen molar-refractivity contribution < 1.29 is 22.7 Å². The minimum absolute atomic E-state index is 0.0830. The first-order valence-corrected chi connectivity index (χ1v) is 9.19. The van der Waals surface area contributed by atoms with Crippen molar-refractivity contribution >= 4 is 16.8 Å². The Labute approximate surface area is 164 Å². The zero-order valence-corrected chi connectivity index (χ0v) is 15.5. The SMILES string of the molecule is C[C@@H](NC(=O)[C@@H]1C[C@H]1c1cc2ccccc2[nH]1)c1cnc(OCC(F)(F)F)cn1. The van der Waals surface area contributed by atoms with Crippen LogP contribution in [-0.4, -0.2) is 33.6 Å². The summed E-state index contributed by atoms with van der Waals surface area (Å²) in [5, 5.41) is 4.01. The topological polar surface area (TPSA) is 79.9 Å². The molecule has 1 aliphatic rings. The van der Waals surface area contributed by atoms with Gasteiger partial charge in [-0.05, 0) is 30.9 Å². The molecule has 29 heavy (non-hydrogen) atoms. The number of alkyl halides is 3. The number of hydrogen-bond acceptors (Lipinski definition) is 4. The number of H-pyrrole nitrogens is 1. The second-order valence-electron chi connectivity index (χ2n) is 7.17. The Morgan fingerprint density at radius 3 is 2.79 bits per heavy atom. The molecule has 1 aliphatic carbocycles. The molecule has 1 saturated carbocycles. The highest BCUT2D eigenvalue weighted by Gasteiger charge is 2.45. The lowest BCUT2D eigenvalue weighted by atomic mass is 10.2. The molecule has 2 aromatic heterocycles. The average molecular weight is 404 g/mol. The first-order valence-electron chi connectivity index (χ1n) is 9.19. The van der Waals surface area contributed by atoms with E-state index in [2.05, 4.69) is 31.1 Å². The Morgan fingerprint density at radius 2 is 2.10 bits per heavy atom. The first-order chi connectivity index (χ1) is 13.8. The van der Waals surface area contributed by atoms with E-state index in [9.17, 15) is 18.0 Å². The highest BCUT2D eigenvalue weighted by molar-refractivity contribution is 5.85. The van der Waals surface area contributed by atoms with Crippen molar-refractivity contribution in [2.45, 2.75) is 31.5 Å². The molecule has 9 heteroatoms. The number of benzene rings is 1. The number of amides is 1. The lowest BCUT2D eigenvalue weighted by molar-refractivity contribution is -0.154. The van der Waals surface area contributed by atoms with E-state index in [0.29, 0.717) is 5.69 Å². The summed E-state index contributed by atoms with van der Waals surface area (Å²) in [6, 6.07) is 9.60. The lowest BCUT2D eigenvalue weighted by Crippen LogP contribution is -2.29. The van der Waals surface area contributed by atoms with Crippen molar-refractivity contribution in [2.24, 2.45) is 5.92 Å². The minimum Gasteiger partial charge on any atom is -0.467 e. The summed E-state index contributed by atoms with van der Waals surface area (Å²) < 4.78 is 41.0. The molecule has 0 unspecified atom stereocenters. The van der Waals surface area contributed by atoms with Crippen LogP contribution < -0.4 is 10.1 Å². The highest BCUT2D eigenvalue weighted by atomic mass is 19.4. The van der Waals surface area contributed by atoms with Crippen LogP contribution in [0.25, 0.3) is 10.9 Å². The first kappa shape index (κ1) is 19.2. The maximum Gasteiger partial charge on any atom is 0.422 e. The number of aromatic nitrogens is 3. The predicted molar refractivity (Wildman–Crippen MR) is 99.3 cm³/mol. The Balaban J connectivity index is 1.33. The summed E-state index contributed by atoms with van der Waals surface area (Å²) in [5.41, 5.74) is 2.54. The number of carbonyl (C=O) groups excluding carboxylic acids is 1. The molecule has 0 spiro atoms.